The monoisotopic (exact) mass is 128 g/mol. The van der Waals surface area contributed by atoms with Crippen molar-refractivity contribution in [3.05, 3.63) is 33.4 Å². The van der Waals surface area contributed by atoms with Gasteiger partial charge in [0.05, 0.1) is 0 Å². The van der Waals surface area contributed by atoms with Crippen molar-refractivity contribution in [2.24, 2.45) is 0 Å². The maximum Gasteiger partial charge on any atom is -0.00141 e. The van der Waals surface area contributed by atoms with Gasteiger partial charge in [0.1, 0.15) is 0 Å². The molecule has 0 N–H and O–H groups in total. The van der Waals surface area contributed by atoms with Crippen LogP contribution in [0.15, 0.2) is 0 Å². The van der Waals surface area contributed by atoms with Gasteiger partial charge in [-0.05, 0) is 59.1 Å². The lowest BCUT2D eigenvalue weighted by molar-refractivity contribution is 0.836. The fraction of sp³-hybridized carbons (Fsp3) is 0.400. The third kappa shape index (κ3) is 0.269. The van der Waals surface area contributed by atoms with E-state index in [4.69, 9.17) is 0 Å². The maximum absolute atomic E-state index is 1.76. The van der Waals surface area contributed by atoms with Crippen molar-refractivity contribution in [3.8, 4) is 0 Å². The first kappa shape index (κ1) is 4.17. The molecular formula is C10H8. The van der Waals surface area contributed by atoms with Crippen molar-refractivity contribution < 1.29 is 0 Å². The molecule has 0 saturated carbocycles. The zero-order chi connectivity index (χ0) is 6.29. The Morgan fingerprint density at radius 2 is 0.900 bits per heavy atom. The normalized spacial score (nSPS) is 20.4. The molecule has 10 heavy (non-hydrogen) atoms. The largest absolute Gasteiger partial charge is 0.0403 e. The SMILES string of the molecule is C1Cc2c1c1c(c3c2C3)C1. The number of hydrogen-bond acceptors (Lipinski definition) is 0. The Morgan fingerprint density at radius 3 is 1.30 bits per heavy atom. The molecule has 3 aliphatic carbocycles. The molecule has 48 valence electrons. The molecule has 0 atom stereocenters. The summed E-state index contributed by atoms with van der Waals surface area (Å²) in [7, 11) is 0. The molecule has 0 nitrogen and oxygen atoms in total. The van der Waals surface area contributed by atoms with Crippen LogP contribution in [0.5, 0.6) is 0 Å². The van der Waals surface area contributed by atoms with Gasteiger partial charge in [-0.25, -0.2) is 0 Å². The van der Waals surface area contributed by atoms with E-state index in [-0.39, 0.29) is 0 Å². The van der Waals surface area contributed by atoms with Gasteiger partial charge in [0.25, 0.3) is 0 Å². The first-order valence-corrected chi connectivity index (χ1v) is 4.12. The molecule has 0 heterocycles. The third-order valence-electron chi connectivity index (χ3n) is 3.27. The zero-order valence-electron chi connectivity index (χ0n) is 5.83. The van der Waals surface area contributed by atoms with Crippen LogP contribution >= 0.6 is 0 Å². The summed E-state index contributed by atoms with van der Waals surface area (Å²) in [5.74, 6) is 0. The Kier molecular flexibility index (Phi) is 0.397. The second-order valence-corrected chi connectivity index (χ2v) is 3.72. The van der Waals surface area contributed by atoms with E-state index in [2.05, 4.69) is 0 Å². The van der Waals surface area contributed by atoms with E-state index in [1.165, 1.54) is 25.7 Å². The number of rotatable bonds is 0. The Balaban J connectivity index is 2.30. The van der Waals surface area contributed by atoms with Crippen molar-refractivity contribution in [2.45, 2.75) is 25.7 Å². The lowest BCUT2D eigenvalue weighted by Gasteiger charge is -2.17. The van der Waals surface area contributed by atoms with Crippen LogP contribution in [0.1, 0.15) is 33.4 Å². The summed E-state index contributed by atoms with van der Waals surface area (Å²) in [5.41, 5.74) is 10.5. The van der Waals surface area contributed by atoms with Crippen LogP contribution in [0.2, 0.25) is 0 Å². The Labute approximate surface area is 59.9 Å². The predicted octanol–water partition coefficient (Wildman–Crippen LogP) is 1.59. The van der Waals surface area contributed by atoms with Gasteiger partial charge in [-0.15, -0.1) is 0 Å². The Hall–Kier alpha value is -0.780. The van der Waals surface area contributed by atoms with E-state index in [9.17, 15) is 0 Å². The third-order valence-corrected chi connectivity index (χ3v) is 3.27. The molecule has 0 bridgehead atoms. The Morgan fingerprint density at radius 1 is 0.500 bits per heavy atom. The van der Waals surface area contributed by atoms with Crippen LogP contribution in [0, 0.1) is 0 Å². The molecule has 3 aliphatic rings. The topological polar surface area (TPSA) is 0 Å². The maximum atomic E-state index is 1.76. The van der Waals surface area contributed by atoms with Crippen LogP contribution < -0.4 is 0 Å². The summed E-state index contributed by atoms with van der Waals surface area (Å²) in [6, 6.07) is 0. The van der Waals surface area contributed by atoms with Gasteiger partial charge in [-0.3, -0.25) is 0 Å². The molecule has 1 aromatic rings. The van der Waals surface area contributed by atoms with E-state index < -0.39 is 0 Å². The Bertz CT molecular complexity index is 335. The highest BCUT2D eigenvalue weighted by atomic mass is 14.4. The minimum absolute atomic E-state index is 1.36. The van der Waals surface area contributed by atoms with Crippen LogP contribution in [-0.2, 0) is 25.7 Å². The van der Waals surface area contributed by atoms with Crippen LogP contribution in [0.4, 0.5) is 0 Å². The summed E-state index contributed by atoms with van der Waals surface area (Å²) in [5, 5.41) is 0. The molecule has 1 aromatic carbocycles. The van der Waals surface area contributed by atoms with Gasteiger partial charge in [0, 0.05) is 0 Å². The minimum atomic E-state index is 1.36. The lowest BCUT2D eigenvalue weighted by Crippen LogP contribution is -2.07. The zero-order valence-corrected chi connectivity index (χ0v) is 5.83. The predicted molar refractivity (Wildman–Crippen MR) is 39.5 cm³/mol. The summed E-state index contributed by atoms with van der Waals surface area (Å²) in [4.78, 5) is 0. The van der Waals surface area contributed by atoms with Crippen molar-refractivity contribution in [3.63, 3.8) is 0 Å². The highest BCUT2D eigenvalue weighted by molar-refractivity contribution is 5.72. The van der Waals surface area contributed by atoms with E-state index in [0.29, 0.717) is 0 Å². The van der Waals surface area contributed by atoms with Crippen molar-refractivity contribution in [1.82, 2.24) is 0 Å². The average Bonchev–Trinajstić information content (AvgIpc) is 2.52. The van der Waals surface area contributed by atoms with Gasteiger partial charge in [0.2, 0.25) is 0 Å². The van der Waals surface area contributed by atoms with Crippen molar-refractivity contribution in [2.75, 3.05) is 0 Å². The second kappa shape index (κ2) is 0.952. The van der Waals surface area contributed by atoms with Crippen molar-refractivity contribution >= 4 is 0 Å². The highest BCUT2D eigenvalue weighted by Gasteiger charge is 2.40. The summed E-state index contributed by atoms with van der Waals surface area (Å²) in [6.07, 6.45) is 5.51. The molecule has 0 aliphatic heterocycles. The first-order chi connectivity index (χ1) is 4.95. The van der Waals surface area contributed by atoms with E-state index in [1.807, 2.05) is 0 Å². The molecule has 0 aromatic heterocycles. The quantitative estimate of drug-likeness (QED) is 0.431. The van der Waals surface area contributed by atoms with Gasteiger partial charge in [0.15, 0.2) is 0 Å². The van der Waals surface area contributed by atoms with Crippen LogP contribution in [0.3, 0.4) is 0 Å². The fourth-order valence-corrected chi connectivity index (χ4v) is 2.46. The second-order valence-electron chi connectivity index (χ2n) is 3.72. The molecule has 0 heteroatoms. The fourth-order valence-electron chi connectivity index (χ4n) is 2.46. The summed E-state index contributed by atoms with van der Waals surface area (Å²) in [6.45, 7) is 0. The standard InChI is InChI=1S/C10H8/c1-2-6-5(1)7-3-9(7)10-4-8(6)10/h1-4H2. The van der Waals surface area contributed by atoms with Gasteiger partial charge in [-0.1, -0.05) is 0 Å². The molecule has 4 rings (SSSR count). The number of fused-ring (bicyclic) bond motifs is 6. The number of benzene rings is 1. The minimum Gasteiger partial charge on any atom is -0.0403 e. The number of hydrogen-bond donors (Lipinski definition) is 0. The van der Waals surface area contributed by atoms with E-state index >= 15 is 0 Å². The smallest absolute Gasteiger partial charge is 0.00141 e. The van der Waals surface area contributed by atoms with Crippen molar-refractivity contribution in [1.29, 1.82) is 0 Å². The molecule has 0 fully saturated rings. The van der Waals surface area contributed by atoms with E-state index in [0.717, 1.165) is 0 Å². The molecule has 0 amide bonds. The van der Waals surface area contributed by atoms with Crippen LogP contribution in [-0.4, -0.2) is 0 Å². The molecule has 0 unspecified atom stereocenters. The molecular weight excluding hydrogens is 120 g/mol. The first-order valence-electron chi connectivity index (χ1n) is 4.12. The summed E-state index contributed by atoms with van der Waals surface area (Å²) >= 11 is 0. The van der Waals surface area contributed by atoms with Gasteiger partial charge < -0.3 is 0 Å². The molecule has 0 saturated heterocycles. The molecule has 0 radical (unpaired) electrons. The van der Waals surface area contributed by atoms with Gasteiger partial charge in [-0.2, -0.15) is 0 Å². The summed E-state index contributed by atoms with van der Waals surface area (Å²) < 4.78 is 0. The molecule has 0 spiro atoms. The van der Waals surface area contributed by atoms with Gasteiger partial charge >= 0.3 is 0 Å². The lowest BCUT2D eigenvalue weighted by atomic mass is 9.88. The van der Waals surface area contributed by atoms with E-state index in [1.54, 1.807) is 33.4 Å². The van der Waals surface area contributed by atoms with Crippen LogP contribution in [0.25, 0.3) is 0 Å². The average molecular weight is 128 g/mol. The highest BCUT2D eigenvalue weighted by Crippen LogP contribution is 2.51.